The fourth-order valence-corrected chi connectivity index (χ4v) is 4.02. The number of nitrogens with zero attached hydrogens (tertiary/aromatic N) is 5. The molecule has 7 nitrogen and oxygen atoms in total. The monoisotopic (exact) mass is 463 g/mol. The van der Waals surface area contributed by atoms with Crippen molar-refractivity contribution in [2.24, 2.45) is 0 Å². The van der Waals surface area contributed by atoms with Gasteiger partial charge < -0.3 is 9.64 Å². The zero-order valence-corrected chi connectivity index (χ0v) is 18.4. The molecule has 0 saturated carbocycles. The molecule has 2 aromatic heterocycles. The van der Waals surface area contributed by atoms with Gasteiger partial charge in [0.25, 0.3) is 0 Å². The zero-order chi connectivity index (χ0) is 23.5. The topological polar surface area (TPSA) is 65.2 Å². The fourth-order valence-electron chi connectivity index (χ4n) is 4.02. The van der Waals surface area contributed by atoms with Crippen LogP contribution in [0, 0.1) is 11.6 Å². The van der Waals surface area contributed by atoms with E-state index in [9.17, 15) is 13.6 Å². The minimum Gasteiger partial charge on any atom is -0.457 e. The lowest BCUT2D eigenvalue weighted by atomic mass is 10.1. The van der Waals surface area contributed by atoms with Gasteiger partial charge in [0, 0.05) is 30.9 Å². The van der Waals surface area contributed by atoms with E-state index in [1.165, 1.54) is 36.3 Å². The van der Waals surface area contributed by atoms with E-state index >= 15 is 0 Å². The van der Waals surface area contributed by atoms with Crippen LogP contribution in [0.25, 0.3) is 5.69 Å². The van der Waals surface area contributed by atoms with Crippen LogP contribution in [0.1, 0.15) is 24.8 Å². The number of rotatable bonds is 6. The molecule has 1 saturated heterocycles. The molecule has 0 amide bonds. The van der Waals surface area contributed by atoms with Crippen molar-refractivity contribution >= 4 is 5.82 Å². The predicted molar refractivity (Wildman–Crippen MR) is 124 cm³/mol. The van der Waals surface area contributed by atoms with Crippen LogP contribution in [-0.4, -0.2) is 32.4 Å². The largest absolute Gasteiger partial charge is 0.457 e. The second-order valence-corrected chi connectivity index (χ2v) is 8.15. The lowest BCUT2D eigenvalue weighted by molar-refractivity contribution is 0.481. The molecule has 0 atom stereocenters. The van der Waals surface area contributed by atoms with E-state index in [-0.39, 0.29) is 12.1 Å². The van der Waals surface area contributed by atoms with E-state index in [2.05, 4.69) is 15.0 Å². The first-order valence-corrected chi connectivity index (χ1v) is 11.1. The smallest absolute Gasteiger partial charge is 0.350 e. The highest BCUT2D eigenvalue weighted by molar-refractivity contribution is 5.46. The van der Waals surface area contributed by atoms with E-state index in [4.69, 9.17) is 4.74 Å². The van der Waals surface area contributed by atoms with Crippen molar-refractivity contribution in [2.75, 3.05) is 18.0 Å². The summed E-state index contributed by atoms with van der Waals surface area (Å²) in [5.41, 5.74) is -0.181. The summed E-state index contributed by atoms with van der Waals surface area (Å²) in [5.74, 6) is 0.760. The first-order valence-electron chi connectivity index (χ1n) is 11.1. The van der Waals surface area contributed by atoms with Gasteiger partial charge >= 0.3 is 5.69 Å². The number of ether oxygens (including phenoxy) is 1. The molecule has 34 heavy (non-hydrogen) atoms. The number of pyridine rings is 1. The van der Waals surface area contributed by atoms with Crippen LogP contribution in [0.3, 0.4) is 0 Å². The minimum absolute atomic E-state index is 0.186. The van der Waals surface area contributed by atoms with E-state index in [0.717, 1.165) is 35.6 Å². The van der Waals surface area contributed by atoms with Gasteiger partial charge in [0.05, 0.1) is 12.2 Å². The highest BCUT2D eigenvalue weighted by atomic mass is 19.1. The van der Waals surface area contributed by atoms with Crippen LogP contribution in [0.5, 0.6) is 11.5 Å². The number of piperidine rings is 1. The van der Waals surface area contributed by atoms with Gasteiger partial charge in [-0.3, -0.25) is 4.57 Å². The second kappa shape index (κ2) is 9.46. The van der Waals surface area contributed by atoms with E-state index < -0.39 is 17.3 Å². The Kier molecular flexibility index (Phi) is 6.07. The average molecular weight is 463 g/mol. The first-order chi connectivity index (χ1) is 16.6. The maximum absolute atomic E-state index is 13.9. The molecular weight excluding hydrogens is 440 g/mol. The van der Waals surface area contributed by atoms with Crippen molar-refractivity contribution in [1.29, 1.82) is 0 Å². The van der Waals surface area contributed by atoms with Gasteiger partial charge in [0.2, 0.25) is 0 Å². The van der Waals surface area contributed by atoms with Crippen LogP contribution < -0.4 is 15.3 Å². The fraction of sp³-hybridized carbons (Fsp3) is 0.240. The molecular formula is C25H23F2N5O2. The van der Waals surface area contributed by atoms with Crippen molar-refractivity contribution in [2.45, 2.75) is 25.8 Å². The quantitative estimate of drug-likeness (QED) is 0.420. The number of halogens is 2. The van der Waals surface area contributed by atoms with Crippen LogP contribution in [-0.2, 0) is 6.54 Å². The molecule has 9 heteroatoms. The Morgan fingerprint density at radius 2 is 1.65 bits per heavy atom. The normalized spacial score (nSPS) is 13.8. The van der Waals surface area contributed by atoms with Gasteiger partial charge in [-0.05, 0) is 61.7 Å². The molecule has 2 aromatic carbocycles. The van der Waals surface area contributed by atoms with Gasteiger partial charge in [-0.25, -0.2) is 18.6 Å². The molecule has 1 aliphatic heterocycles. The third-order valence-corrected chi connectivity index (χ3v) is 5.84. The van der Waals surface area contributed by atoms with Crippen LogP contribution >= 0.6 is 0 Å². The van der Waals surface area contributed by atoms with Gasteiger partial charge in [-0.2, -0.15) is 9.78 Å². The Morgan fingerprint density at radius 3 is 2.38 bits per heavy atom. The number of benzene rings is 2. The lowest BCUT2D eigenvalue weighted by Crippen LogP contribution is -2.30. The van der Waals surface area contributed by atoms with Crippen molar-refractivity contribution in [3.8, 4) is 17.2 Å². The van der Waals surface area contributed by atoms with Gasteiger partial charge in [0.15, 0.2) is 0 Å². The number of anilines is 1. The molecule has 0 bridgehead atoms. The third-order valence-electron chi connectivity index (χ3n) is 5.84. The van der Waals surface area contributed by atoms with Crippen molar-refractivity contribution in [1.82, 2.24) is 19.3 Å². The van der Waals surface area contributed by atoms with E-state index in [0.29, 0.717) is 17.2 Å². The average Bonchev–Trinajstić information content (AvgIpc) is 3.22. The summed E-state index contributed by atoms with van der Waals surface area (Å²) in [6.45, 7) is 1.74. The number of aromatic nitrogens is 4. The van der Waals surface area contributed by atoms with Crippen molar-refractivity contribution in [3.05, 3.63) is 94.8 Å². The SMILES string of the molecule is O=c1n(Cc2c(F)cccc2F)cnn1-c1ccc(Oc2ccnc(N3CCCCC3)c2)cc1. The highest BCUT2D eigenvalue weighted by Gasteiger charge is 2.14. The summed E-state index contributed by atoms with van der Waals surface area (Å²) in [4.78, 5) is 19.5. The van der Waals surface area contributed by atoms with Gasteiger partial charge in [-0.15, -0.1) is 0 Å². The van der Waals surface area contributed by atoms with Gasteiger partial charge in [0.1, 0.15) is 35.3 Å². The summed E-state index contributed by atoms with van der Waals surface area (Å²) < 4.78 is 36.2. The number of hydrogen-bond donors (Lipinski definition) is 0. The summed E-state index contributed by atoms with van der Waals surface area (Å²) in [6.07, 6.45) is 6.58. The van der Waals surface area contributed by atoms with Gasteiger partial charge in [-0.1, -0.05) is 6.07 Å². The Morgan fingerprint density at radius 1 is 0.912 bits per heavy atom. The minimum atomic E-state index is -0.708. The van der Waals surface area contributed by atoms with E-state index in [1.54, 1.807) is 36.5 Å². The van der Waals surface area contributed by atoms with Crippen LogP contribution in [0.4, 0.5) is 14.6 Å². The maximum atomic E-state index is 13.9. The molecule has 1 fully saturated rings. The van der Waals surface area contributed by atoms with Crippen LogP contribution in [0.15, 0.2) is 71.9 Å². The van der Waals surface area contributed by atoms with Crippen molar-refractivity contribution < 1.29 is 13.5 Å². The Balaban J connectivity index is 1.31. The molecule has 0 unspecified atom stereocenters. The number of hydrogen-bond acceptors (Lipinski definition) is 5. The summed E-state index contributed by atoms with van der Waals surface area (Å²) >= 11 is 0. The molecule has 1 aliphatic rings. The first kappa shape index (κ1) is 21.8. The Bertz CT molecular complexity index is 1320. The molecule has 0 N–H and O–H groups in total. The highest BCUT2D eigenvalue weighted by Crippen LogP contribution is 2.26. The van der Waals surface area contributed by atoms with Crippen molar-refractivity contribution in [3.63, 3.8) is 0 Å². The summed E-state index contributed by atoms with van der Waals surface area (Å²) in [5, 5.41) is 4.09. The summed E-state index contributed by atoms with van der Waals surface area (Å²) in [7, 11) is 0. The van der Waals surface area contributed by atoms with E-state index in [1.807, 2.05) is 6.07 Å². The second-order valence-electron chi connectivity index (χ2n) is 8.15. The molecule has 174 valence electrons. The standard InChI is InChI=1S/C25H23F2N5O2/c26-22-5-4-6-23(27)21(22)16-31-17-29-32(25(31)33)18-7-9-19(10-8-18)34-20-11-12-28-24(15-20)30-13-2-1-3-14-30/h4-12,15,17H,1-3,13-14,16H2. The predicted octanol–water partition coefficient (Wildman–Crippen LogP) is 4.54. The molecule has 0 spiro atoms. The molecule has 4 aromatic rings. The Hall–Kier alpha value is -4.01. The Labute approximate surface area is 194 Å². The molecule has 5 rings (SSSR count). The maximum Gasteiger partial charge on any atom is 0.350 e. The third kappa shape index (κ3) is 4.54. The van der Waals surface area contributed by atoms with Crippen LogP contribution in [0.2, 0.25) is 0 Å². The summed E-state index contributed by atoms with van der Waals surface area (Å²) in [6, 6.07) is 14.2. The zero-order valence-electron chi connectivity index (χ0n) is 18.4. The molecule has 3 heterocycles. The molecule has 0 radical (unpaired) electrons. The lowest BCUT2D eigenvalue weighted by Gasteiger charge is -2.27. The molecule has 0 aliphatic carbocycles.